The third-order valence-corrected chi connectivity index (χ3v) is 9.26. The van der Waals surface area contributed by atoms with E-state index in [1.165, 1.54) is 47.1 Å². The van der Waals surface area contributed by atoms with Crippen LogP contribution >= 0.6 is 15.9 Å². The molecule has 231 valence electrons. The van der Waals surface area contributed by atoms with E-state index in [9.17, 15) is 0 Å². The van der Waals surface area contributed by atoms with Crippen molar-refractivity contribution in [2.24, 2.45) is 0 Å². The Morgan fingerprint density at radius 3 is 2.00 bits per heavy atom. The van der Waals surface area contributed by atoms with E-state index in [1.807, 2.05) is 30.5 Å². The van der Waals surface area contributed by atoms with Crippen LogP contribution in [0.1, 0.15) is 55.0 Å². The number of rotatable bonds is 6. The van der Waals surface area contributed by atoms with Crippen molar-refractivity contribution in [1.82, 2.24) is 19.9 Å². The van der Waals surface area contributed by atoms with Gasteiger partial charge >= 0.3 is 0 Å². The zero-order valence-corrected chi connectivity index (χ0v) is 29.9. The molecule has 0 bridgehead atoms. The SMILES string of the molecule is Cc1cc(C)cc(-c2ccccc2-c2c[c-]c(-c3ccc(-c4nc(-c5ccccc5)nc(C5CCCCC5)n4)cn3)cc2Br)c1.[Ir]. The van der Waals surface area contributed by atoms with E-state index >= 15 is 0 Å². The monoisotopic (exact) mass is 842 g/mol. The summed E-state index contributed by atoms with van der Waals surface area (Å²) in [7, 11) is 0. The van der Waals surface area contributed by atoms with Crippen LogP contribution in [0.25, 0.3) is 56.3 Å². The molecule has 7 rings (SSSR count). The van der Waals surface area contributed by atoms with E-state index in [2.05, 4.69) is 109 Å². The number of hydrogen-bond acceptors (Lipinski definition) is 4. The van der Waals surface area contributed by atoms with Crippen molar-refractivity contribution in [3.63, 3.8) is 0 Å². The van der Waals surface area contributed by atoms with Gasteiger partial charge in [-0.15, -0.1) is 23.8 Å². The Hall–Kier alpha value is -3.83. The third kappa shape index (κ3) is 6.95. The van der Waals surface area contributed by atoms with Gasteiger partial charge in [0.2, 0.25) is 0 Å². The van der Waals surface area contributed by atoms with Crippen molar-refractivity contribution in [3.05, 3.63) is 131 Å². The number of hydrogen-bond donors (Lipinski definition) is 0. The minimum atomic E-state index is 0. The van der Waals surface area contributed by atoms with Gasteiger partial charge in [0.25, 0.3) is 0 Å². The Kier molecular flexibility index (Phi) is 9.98. The molecule has 2 aromatic heterocycles. The standard InChI is InChI=1S/C40H34BrN4.Ir/c1-26-21-27(2)23-32(22-26)33-15-9-10-16-34(33)35-19-17-30(24-36(35)41)37-20-18-31(25-42-37)40-44-38(28-11-5-3-6-12-28)43-39(45-40)29-13-7-4-8-14-29;/h3,5-6,9-12,15-16,18-25,29H,4,7-8,13-14H2,1-2H3;/q-1;. The summed E-state index contributed by atoms with van der Waals surface area (Å²) in [4.78, 5) is 19.7. The van der Waals surface area contributed by atoms with Gasteiger partial charge in [-0.25, -0.2) is 15.0 Å². The molecule has 0 N–H and O–H groups in total. The first-order valence-corrected chi connectivity index (χ1v) is 16.5. The maximum Gasteiger partial charge on any atom is 0.165 e. The molecular formula is C40H34BrIrN4-. The van der Waals surface area contributed by atoms with Gasteiger partial charge in [-0.1, -0.05) is 147 Å². The van der Waals surface area contributed by atoms with Crippen molar-refractivity contribution < 1.29 is 20.1 Å². The van der Waals surface area contributed by atoms with Crippen LogP contribution in [-0.2, 0) is 20.1 Å². The van der Waals surface area contributed by atoms with Crippen molar-refractivity contribution >= 4 is 15.9 Å². The summed E-state index contributed by atoms with van der Waals surface area (Å²) in [5.74, 6) is 2.67. The molecule has 2 heterocycles. The maximum absolute atomic E-state index is 4.98. The number of aryl methyl sites for hydroxylation is 2. The molecular weight excluding hydrogens is 809 g/mol. The van der Waals surface area contributed by atoms with Gasteiger partial charge in [0.15, 0.2) is 11.6 Å². The average Bonchev–Trinajstić information content (AvgIpc) is 3.08. The van der Waals surface area contributed by atoms with Gasteiger partial charge in [-0.05, 0) is 43.5 Å². The van der Waals surface area contributed by atoms with E-state index in [0.717, 1.165) is 56.9 Å². The van der Waals surface area contributed by atoms with E-state index < -0.39 is 0 Å². The summed E-state index contributed by atoms with van der Waals surface area (Å²) in [6, 6.07) is 37.2. The molecule has 46 heavy (non-hydrogen) atoms. The number of benzene rings is 4. The van der Waals surface area contributed by atoms with Crippen LogP contribution in [0.5, 0.6) is 0 Å². The molecule has 1 fully saturated rings. The fourth-order valence-corrected chi connectivity index (χ4v) is 6.94. The topological polar surface area (TPSA) is 51.6 Å². The number of nitrogens with zero attached hydrogens (tertiary/aromatic N) is 4. The van der Waals surface area contributed by atoms with E-state index in [-0.39, 0.29) is 20.1 Å². The molecule has 1 aliphatic carbocycles. The summed E-state index contributed by atoms with van der Waals surface area (Å²) >= 11 is 3.87. The first-order valence-electron chi connectivity index (χ1n) is 15.7. The number of pyridine rings is 1. The van der Waals surface area contributed by atoms with Crippen LogP contribution in [0.2, 0.25) is 0 Å². The summed E-state index contributed by atoms with van der Waals surface area (Å²) in [6.45, 7) is 4.29. The fraction of sp³-hybridized carbons (Fsp3) is 0.200. The Morgan fingerprint density at radius 1 is 0.652 bits per heavy atom. The van der Waals surface area contributed by atoms with Gasteiger partial charge in [-0.3, -0.25) is 0 Å². The molecule has 0 atom stereocenters. The predicted octanol–water partition coefficient (Wildman–Crippen LogP) is 10.8. The zero-order chi connectivity index (χ0) is 30.8. The van der Waals surface area contributed by atoms with Crippen molar-refractivity contribution in [2.75, 3.05) is 0 Å². The second-order valence-electron chi connectivity index (χ2n) is 12.0. The van der Waals surface area contributed by atoms with Crippen LogP contribution in [0.15, 0.2) is 108 Å². The Morgan fingerprint density at radius 2 is 1.33 bits per heavy atom. The molecule has 4 aromatic carbocycles. The largest absolute Gasteiger partial charge is 0.304 e. The van der Waals surface area contributed by atoms with Crippen LogP contribution in [-0.4, -0.2) is 19.9 Å². The van der Waals surface area contributed by atoms with Crippen molar-refractivity contribution in [2.45, 2.75) is 51.9 Å². The van der Waals surface area contributed by atoms with Gasteiger partial charge in [0.05, 0.1) is 0 Å². The molecule has 0 saturated heterocycles. The zero-order valence-electron chi connectivity index (χ0n) is 25.9. The summed E-state index contributed by atoms with van der Waals surface area (Å²) in [5, 5.41) is 0. The molecule has 0 aliphatic heterocycles. The van der Waals surface area contributed by atoms with Crippen LogP contribution in [0, 0.1) is 19.9 Å². The number of halogens is 1. The van der Waals surface area contributed by atoms with Gasteiger partial charge in [-0.2, -0.15) is 0 Å². The number of aromatic nitrogens is 4. The molecule has 1 saturated carbocycles. The normalized spacial score (nSPS) is 13.3. The Bertz CT molecular complexity index is 1950. The molecule has 6 heteroatoms. The summed E-state index contributed by atoms with van der Waals surface area (Å²) < 4.78 is 1.00. The van der Waals surface area contributed by atoms with Crippen LogP contribution in [0.3, 0.4) is 0 Å². The minimum absolute atomic E-state index is 0. The summed E-state index contributed by atoms with van der Waals surface area (Å²) in [6.07, 6.45) is 7.87. The molecule has 1 radical (unpaired) electrons. The average molecular weight is 843 g/mol. The van der Waals surface area contributed by atoms with Crippen molar-refractivity contribution in [1.29, 1.82) is 0 Å². The Balaban J connectivity index is 0.00000372. The Labute approximate surface area is 293 Å². The van der Waals surface area contributed by atoms with Crippen LogP contribution < -0.4 is 0 Å². The van der Waals surface area contributed by atoms with E-state index in [1.54, 1.807) is 0 Å². The molecule has 1 aliphatic rings. The summed E-state index contributed by atoms with van der Waals surface area (Å²) in [5.41, 5.74) is 10.9. The van der Waals surface area contributed by atoms with Crippen LogP contribution in [0.4, 0.5) is 0 Å². The quantitative estimate of drug-likeness (QED) is 0.157. The second kappa shape index (κ2) is 14.3. The smallest absolute Gasteiger partial charge is 0.165 e. The third-order valence-electron chi connectivity index (χ3n) is 8.60. The van der Waals surface area contributed by atoms with Crippen molar-refractivity contribution in [3.8, 4) is 56.3 Å². The first-order chi connectivity index (χ1) is 22.0. The molecule has 0 unspecified atom stereocenters. The van der Waals surface area contributed by atoms with E-state index in [0.29, 0.717) is 11.7 Å². The molecule has 0 amide bonds. The predicted molar refractivity (Wildman–Crippen MR) is 187 cm³/mol. The molecule has 0 spiro atoms. The first kappa shape index (κ1) is 32.1. The van der Waals surface area contributed by atoms with E-state index in [4.69, 9.17) is 19.9 Å². The van der Waals surface area contributed by atoms with Gasteiger partial charge < -0.3 is 4.98 Å². The minimum Gasteiger partial charge on any atom is -0.304 e. The fourth-order valence-electron chi connectivity index (χ4n) is 6.39. The maximum atomic E-state index is 4.98. The molecule has 4 nitrogen and oxygen atoms in total. The molecule has 6 aromatic rings. The second-order valence-corrected chi connectivity index (χ2v) is 12.9. The van der Waals surface area contributed by atoms with Gasteiger partial charge in [0, 0.05) is 43.3 Å². The van der Waals surface area contributed by atoms with Gasteiger partial charge in [0.1, 0.15) is 5.82 Å².